The Balaban J connectivity index is -0.0000000612. The Labute approximate surface area is 161 Å². The molecule has 0 saturated carbocycles. The minimum atomic E-state index is -6.00. The summed E-state index contributed by atoms with van der Waals surface area (Å²) in [6, 6.07) is 3.79. The molecule has 17 heteroatoms. The fourth-order valence-electron chi connectivity index (χ4n) is 0.361. The van der Waals surface area contributed by atoms with Gasteiger partial charge in [-0.25, -0.2) is 0 Å². The summed E-state index contributed by atoms with van der Waals surface area (Å²) in [5, 5.41) is 0. The molecule has 0 radical (unpaired) electrons. The fraction of sp³-hybridized carbons (Fsp3) is 0.200. The second kappa shape index (κ2) is 13.7. The van der Waals surface area contributed by atoms with Crippen LogP contribution in [0.25, 0.3) is 0 Å². The van der Waals surface area contributed by atoms with Crippen molar-refractivity contribution in [3.63, 3.8) is 0 Å². The van der Waals surface area contributed by atoms with Crippen LogP contribution in [0, 0.1) is 6.92 Å². The molecule has 0 atom stereocenters. The van der Waals surface area contributed by atoms with Gasteiger partial charge in [-0.1, -0.05) is 0 Å². The molecule has 0 aliphatic heterocycles. The van der Waals surface area contributed by atoms with Crippen molar-refractivity contribution in [1.29, 1.82) is 0 Å². The van der Waals surface area contributed by atoms with Crippen LogP contribution in [0.15, 0.2) is 22.8 Å². The Kier molecular flexibility index (Phi) is 18.8. The van der Waals surface area contributed by atoms with E-state index in [0.717, 1.165) is 5.76 Å². The zero-order valence-corrected chi connectivity index (χ0v) is 14.0. The second-order valence-corrected chi connectivity index (χ2v) is 2.71. The molecule has 1 rings (SSSR count). The van der Waals surface area contributed by atoms with Gasteiger partial charge in [-0.2, -0.15) is 0 Å². The SMILES string of the molecule is Cc1ccco1.F[B-](F)(F)F.F[B-](F)(F)F.F[B-](F)(F)F.[H-].[K+]. The number of halogens is 12. The van der Waals surface area contributed by atoms with Gasteiger partial charge in [0.15, 0.2) is 0 Å². The van der Waals surface area contributed by atoms with E-state index in [1.807, 2.05) is 19.1 Å². The first-order valence-corrected chi connectivity index (χ1v) is 4.51. The normalized spacial score (nSPS) is 10.6. The van der Waals surface area contributed by atoms with Crippen LogP contribution in [0.5, 0.6) is 0 Å². The Bertz CT molecular complexity index is 291. The van der Waals surface area contributed by atoms with E-state index in [0.29, 0.717) is 0 Å². The van der Waals surface area contributed by atoms with Crippen LogP contribution in [0.1, 0.15) is 7.19 Å². The fourth-order valence-corrected chi connectivity index (χ4v) is 0.361. The summed E-state index contributed by atoms with van der Waals surface area (Å²) >= 11 is 0. The number of hydrogen-bond acceptors (Lipinski definition) is 1. The Hall–Kier alpha value is 0.271. The first-order valence-electron chi connectivity index (χ1n) is 4.51. The summed E-state index contributed by atoms with van der Waals surface area (Å²) in [7, 11) is -18.0. The summed E-state index contributed by atoms with van der Waals surface area (Å²) in [4.78, 5) is 0. The van der Waals surface area contributed by atoms with E-state index in [4.69, 9.17) is 4.42 Å². The molecule has 0 spiro atoms. The largest absolute Gasteiger partial charge is 1.00 e. The van der Waals surface area contributed by atoms with Crippen LogP contribution in [-0.4, -0.2) is 21.8 Å². The van der Waals surface area contributed by atoms with Gasteiger partial charge < -0.3 is 57.6 Å². The van der Waals surface area contributed by atoms with E-state index in [-0.39, 0.29) is 52.8 Å². The van der Waals surface area contributed by atoms with Gasteiger partial charge >= 0.3 is 73.1 Å². The smallest absolute Gasteiger partial charge is 1.00 e. The standard InChI is InChI=1S/C5H6O.3BF4.K.H/c1-5-3-2-4-6-5;3*2-1(3,4)5;;/h2-4H,1H3;;;;;/q;3*-1;+1;-1. The Morgan fingerprint density at radius 2 is 0.955 bits per heavy atom. The molecule has 0 N–H and O–H groups in total. The third-order valence-electron chi connectivity index (χ3n) is 0.663. The summed E-state index contributed by atoms with van der Waals surface area (Å²) in [6.45, 7) is 1.92. The Morgan fingerprint density at radius 3 is 1.00 bits per heavy atom. The molecule has 0 aliphatic carbocycles. The Morgan fingerprint density at radius 1 is 0.727 bits per heavy atom. The van der Waals surface area contributed by atoms with E-state index in [9.17, 15) is 51.8 Å². The monoisotopic (exact) mass is 383 g/mol. The van der Waals surface area contributed by atoms with Crippen LogP contribution in [0.4, 0.5) is 51.8 Å². The zero-order valence-electron chi connectivity index (χ0n) is 11.9. The van der Waals surface area contributed by atoms with Gasteiger partial charge in [0.25, 0.3) is 0 Å². The van der Waals surface area contributed by atoms with Crippen molar-refractivity contribution in [2.75, 3.05) is 0 Å². The molecule has 1 aromatic rings. The molecule has 1 nitrogen and oxygen atoms in total. The van der Waals surface area contributed by atoms with Crippen LogP contribution >= 0.6 is 0 Å². The van der Waals surface area contributed by atoms with Crippen molar-refractivity contribution in [1.82, 2.24) is 0 Å². The van der Waals surface area contributed by atoms with Crippen molar-refractivity contribution in [2.24, 2.45) is 0 Å². The van der Waals surface area contributed by atoms with Crippen LogP contribution in [0.3, 0.4) is 0 Å². The first kappa shape index (κ1) is 30.2. The topological polar surface area (TPSA) is 13.1 Å². The van der Waals surface area contributed by atoms with E-state index in [1.165, 1.54) is 0 Å². The summed E-state index contributed by atoms with van der Waals surface area (Å²) in [5.74, 6) is 0.968. The van der Waals surface area contributed by atoms with Crippen molar-refractivity contribution in [2.45, 2.75) is 6.92 Å². The third kappa shape index (κ3) is 142. The van der Waals surface area contributed by atoms with Crippen molar-refractivity contribution < 1.29 is 109 Å². The second-order valence-electron chi connectivity index (χ2n) is 2.71. The van der Waals surface area contributed by atoms with E-state index in [2.05, 4.69) is 0 Å². The van der Waals surface area contributed by atoms with Crippen LogP contribution in [-0.2, 0) is 0 Å². The molecule has 130 valence electrons. The van der Waals surface area contributed by atoms with Gasteiger partial charge in [0.2, 0.25) is 0 Å². The van der Waals surface area contributed by atoms with Crippen molar-refractivity contribution in [3.8, 4) is 0 Å². The maximum absolute atomic E-state index is 9.75. The average molecular weight is 383 g/mol. The molecular formula is C5H7B3F12KO-3. The van der Waals surface area contributed by atoms with Gasteiger partial charge in [0.1, 0.15) is 5.76 Å². The molecule has 1 aromatic heterocycles. The molecule has 1 heterocycles. The van der Waals surface area contributed by atoms with E-state index < -0.39 is 21.8 Å². The molecule has 0 amide bonds. The summed E-state index contributed by atoms with van der Waals surface area (Å²) < 4.78 is 122. The third-order valence-corrected chi connectivity index (χ3v) is 0.663. The quantitative estimate of drug-likeness (QED) is 0.497. The maximum atomic E-state index is 9.75. The predicted molar refractivity (Wildman–Crippen MR) is 55.1 cm³/mol. The summed E-state index contributed by atoms with van der Waals surface area (Å²) in [6.07, 6.45) is 1.66. The molecular weight excluding hydrogens is 376 g/mol. The predicted octanol–water partition coefficient (Wildman–Crippen LogP) is 2.60. The molecule has 0 fully saturated rings. The minimum Gasteiger partial charge on any atom is -1.00 e. The maximum Gasteiger partial charge on any atom is 1.00 e. The van der Waals surface area contributed by atoms with Crippen LogP contribution in [0.2, 0.25) is 0 Å². The van der Waals surface area contributed by atoms with Crippen molar-refractivity contribution >= 4 is 21.8 Å². The van der Waals surface area contributed by atoms with Gasteiger partial charge in [-0.15, -0.1) is 0 Å². The zero-order chi connectivity index (χ0) is 17.9. The number of rotatable bonds is 0. The van der Waals surface area contributed by atoms with Gasteiger partial charge in [-0.3, -0.25) is 0 Å². The van der Waals surface area contributed by atoms with Crippen LogP contribution < -0.4 is 51.4 Å². The summed E-state index contributed by atoms with van der Waals surface area (Å²) in [5.41, 5.74) is 0. The van der Waals surface area contributed by atoms with Crippen molar-refractivity contribution in [3.05, 3.63) is 24.2 Å². The van der Waals surface area contributed by atoms with Gasteiger partial charge in [0, 0.05) is 0 Å². The molecule has 0 aliphatic rings. The van der Waals surface area contributed by atoms with E-state index in [1.54, 1.807) is 6.26 Å². The molecule has 22 heavy (non-hydrogen) atoms. The first-order chi connectivity index (χ1) is 8.89. The van der Waals surface area contributed by atoms with Gasteiger partial charge in [-0.05, 0) is 19.1 Å². The molecule has 0 aromatic carbocycles. The molecule has 0 bridgehead atoms. The number of hydrogen-bond donors (Lipinski definition) is 0. The molecule has 0 saturated heterocycles. The number of furan rings is 1. The van der Waals surface area contributed by atoms with E-state index >= 15 is 0 Å². The molecule has 0 unspecified atom stereocenters. The van der Waals surface area contributed by atoms with Gasteiger partial charge in [0.05, 0.1) is 6.26 Å². The minimum absolute atomic E-state index is 0. The number of aryl methyl sites for hydroxylation is 1. The average Bonchev–Trinajstić information content (AvgIpc) is 2.44.